The van der Waals surface area contributed by atoms with Crippen molar-refractivity contribution in [2.75, 3.05) is 0 Å². The third-order valence-electron chi connectivity index (χ3n) is 14.1. The van der Waals surface area contributed by atoms with E-state index in [9.17, 15) is 0 Å². The summed E-state index contributed by atoms with van der Waals surface area (Å²) >= 11 is 6.35. The van der Waals surface area contributed by atoms with E-state index in [-0.39, 0.29) is 5.28 Å². The average Bonchev–Trinajstić information content (AvgIpc) is 3.42. The van der Waals surface area contributed by atoms with E-state index in [4.69, 9.17) is 16.6 Å². The fraction of sp³-hybridized carbons (Fsp3) is 0.643. The van der Waals surface area contributed by atoms with Crippen LogP contribution in [0.1, 0.15) is 123 Å². The molecule has 46 heavy (non-hydrogen) atoms. The molecule has 246 valence electrons. The SMILES string of the molecule is CC(C)CCC[C@@H](C)[C@H]1CC[C@H]2[C@@H]3CC[C@H]4CC(c5ccc(-c6nc(Cl)nc(-c7ccccc7)n6)cc5)CC[C@]4(C)[C@H]3CC[C@]12C. The highest BCUT2D eigenvalue weighted by Gasteiger charge is 2.60. The molecule has 1 aromatic heterocycles. The molecule has 9 atom stereocenters. The van der Waals surface area contributed by atoms with Crippen molar-refractivity contribution in [2.24, 2.45) is 52.3 Å². The summed E-state index contributed by atoms with van der Waals surface area (Å²) in [6, 6.07) is 19.1. The van der Waals surface area contributed by atoms with Crippen molar-refractivity contribution in [2.45, 2.75) is 118 Å². The van der Waals surface area contributed by atoms with E-state index in [1.54, 1.807) is 0 Å². The van der Waals surface area contributed by atoms with Gasteiger partial charge in [-0.1, -0.05) is 108 Å². The number of aromatic nitrogens is 3. The second-order valence-corrected chi connectivity index (χ2v) is 17.2. The largest absolute Gasteiger partial charge is 0.226 e. The van der Waals surface area contributed by atoms with Gasteiger partial charge in [0.15, 0.2) is 11.6 Å². The van der Waals surface area contributed by atoms with Crippen molar-refractivity contribution in [1.82, 2.24) is 15.0 Å². The summed E-state index contributed by atoms with van der Waals surface area (Å²) in [5.41, 5.74) is 4.55. The molecule has 0 N–H and O–H groups in total. The summed E-state index contributed by atoms with van der Waals surface area (Å²) in [6.45, 7) is 12.9. The molecule has 4 aliphatic rings. The molecule has 3 aromatic rings. The van der Waals surface area contributed by atoms with E-state index in [1.165, 1.54) is 82.6 Å². The van der Waals surface area contributed by atoms with Crippen LogP contribution < -0.4 is 0 Å². The van der Waals surface area contributed by atoms with Crippen molar-refractivity contribution in [3.63, 3.8) is 0 Å². The molecule has 7 rings (SSSR count). The van der Waals surface area contributed by atoms with E-state index in [1.807, 2.05) is 30.3 Å². The summed E-state index contributed by atoms with van der Waals surface area (Å²) < 4.78 is 0. The van der Waals surface area contributed by atoms with Gasteiger partial charge in [-0.15, -0.1) is 0 Å². The number of nitrogens with zero attached hydrogens (tertiary/aromatic N) is 3. The smallest absolute Gasteiger partial charge is 0.208 e. The molecule has 1 heterocycles. The zero-order valence-electron chi connectivity index (χ0n) is 29.0. The Morgan fingerprint density at radius 1 is 0.717 bits per heavy atom. The molecular weight excluding hydrogens is 582 g/mol. The Kier molecular flexibility index (Phi) is 9.11. The van der Waals surface area contributed by atoms with E-state index >= 15 is 0 Å². The topological polar surface area (TPSA) is 38.7 Å². The predicted octanol–water partition coefficient (Wildman–Crippen LogP) is 12.1. The lowest BCUT2D eigenvalue weighted by atomic mass is 9.43. The maximum Gasteiger partial charge on any atom is 0.226 e. The molecule has 0 saturated heterocycles. The van der Waals surface area contributed by atoms with Crippen LogP contribution >= 0.6 is 11.6 Å². The molecule has 0 bridgehead atoms. The van der Waals surface area contributed by atoms with Gasteiger partial charge in [0, 0.05) is 11.1 Å². The summed E-state index contributed by atoms with van der Waals surface area (Å²) in [5, 5.41) is 0.238. The van der Waals surface area contributed by atoms with Gasteiger partial charge in [-0.05, 0) is 133 Å². The normalized spacial score (nSPS) is 34.5. The van der Waals surface area contributed by atoms with Gasteiger partial charge >= 0.3 is 0 Å². The molecule has 0 radical (unpaired) electrons. The van der Waals surface area contributed by atoms with Crippen LogP contribution in [-0.2, 0) is 0 Å². The average molecular weight is 638 g/mol. The van der Waals surface area contributed by atoms with Gasteiger partial charge in [-0.2, -0.15) is 9.97 Å². The van der Waals surface area contributed by atoms with Gasteiger partial charge in [0.2, 0.25) is 5.28 Å². The summed E-state index contributed by atoms with van der Waals surface area (Å²) in [5.74, 6) is 8.35. The molecule has 4 aliphatic carbocycles. The van der Waals surface area contributed by atoms with Gasteiger partial charge in [0.05, 0.1) is 0 Å². The van der Waals surface area contributed by atoms with Gasteiger partial charge in [-0.25, -0.2) is 4.98 Å². The van der Waals surface area contributed by atoms with Gasteiger partial charge < -0.3 is 0 Å². The molecular formula is C42H56ClN3. The van der Waals surface area contributed by atoms with E-state index in [0.717, 1.165) is 52.6 Å². The first-order valence-corrected chi connectivity index (χ1v) is 19.1. The minimum absolute atomic E-state index is 0.238. The Morgan fingerprint density at radius 3 is 2.11 bits per heavy atom. The van der Waals surface area contributed by atoms with Gasteiger partial charge in [0.25, 0.3) is 0 Å². The van der Waals surface area contributed by atoms with Crippen molar-refractivity contribution in [3.05, 3.63) is 65.4 Å². The third kappa shape index (κ3) is 5.97. The molecule has 0 aliphatic heterocycles. The highest BCUT2D eigenvalue weighted by Crippen LogP contribution is 2.69. The lowest BCUT2D eigenvalue weighted by Gasteiger charge is -2.61. The number of rotatable bonds is 8. The first-order valence-electron chi connectivity index (χ1n) is 18.7. The van der Waals surface area contributed by atoms with Crippen molar-refractivity contribution in [3.8, 4) is 22.8 Å². The molecule has 1 unspecified atom stereocenters. The maximum absolute atomic E-state index is 6.35. The van der Waals surface area contributed by atoms with Crippen LogP contribution in [0, 0.1) is 52.3 Å². The number of fused-ring (bicyclic) bond motifs is 5. The molecule has 0 spiro atoms. The first-order chi connectivity index (χ1) is 22.2. The Balaban J connectivity index is 1.02. The Bertz CT molecular complexity index is 1490. The minimum atomic E-state index is 0.238. The lowest BCUT2D eigenvalue weighted by Crippen LogP contribution is -2.53. The second kappa shape index (κ2) is 13.0. The molecule has 4 saturated carbocycles. The summed E-state index contributed by atoms with van der Waals surface area (Å²) in [7, 11) is 0. The van der Waals surface area contributed by atoms with Gasteiger partial charge in [-0.3, -0.25) is 0 Å². The molecule has 2 aromatic carbocycles. The predicted molar refractivity (Wildman–Crippen MR) is 192 cm³/mol. The third-order valence-corrected chi connectivity index (χ3v) is 14.3. The Morgan fingerprint density at radius 2 is 1.39 bits per heavy atom. The van der Waals surface area contributed by atoms with E-state index in [0.29, 0.717) is 28.4 Å². The van der Waals surface area contributed by atoms with Crippen LogP contribution in [-0.4, -0.2) is 15.0 Å². The maximum atomic E-state index is 6.35. The van der Waals surface area contributed by atoms with Crippen molar-refractivity contribution in [1.29, 1.82) is 0 Å². The standard InChI is InChI=1S/C42H56ClN3/c1-27(2)10-9-11-28(3)35-20-21-36-34-19-18-33-26-32(22-24-41(33,4)37(34)23-25-42(35,36)5)29-14-16-31(17-15-29)39-44-38(45-40(43)46-39)30-12-7-6-8-13-30/h6-8,12-17,27-28,32-37H,9-11,18-26H2,1-5H3/t28-,32?,33+,34+,35-,36+,37+,41+,42-/m1/s1. The van der Waals surface area contributed by atoms with Gasteiger partial charge in [0.1, 0.15) is 0 Å². The quantitative estimate of drug-likeness (QED) is 0.247. The van der Waals surface area contributed by atoms with Crippen LogP contribution in [0.2, 0.25) is 5.28 Å². The fourth-order valence-electron chi connectivity index (χ4n) is 11.7. The fourth-order valence-corrected chi connectivity index (χ4v) is 11.8. The minimum Gasteiger partial charge on any atom is -0.208 e. The van der Waals surface area contributed by atoms with Crippen LogP contribution in [0.5, 0.6) is 0 Å². The molecule has 4 heteroatoms. The van der Waals surface area contributed by atoms with Crippen molar-refractivity contribution >= 4 is 11.6 Å². The highest BCUT2D eigenvalue weighted by molar-refractivity contribution is 6.28. The molecule has 4 fully saturated rings. The summed E-state index contributed by atoms with van der Waals surface area (Å²) in [4.78, 5) is 13.6. The number of hydrogen-bond donors (Lipinski definition) is 0. The first kappa shape index (κ1) is 32.3. The van der Waals surface area contributed by atoms with Crippen LogP contribution in [0.25, 0.3) is 22.8 Å². The Labute approximate surface area is 283 Å². The van der Waals surface area contributed by atoms with E-state index < -0.39 is 0 Å². The zero-order chi connectivity index (χ0) is 32.1. The molecule has 0 amide bonds. The van der Waals surface area contributed by atoms with E-state index in [2.05, 4.69) is 68.9 Å². The number of halogens is 1. The summed E-state index contributed by atoms with van der Waals surface area (Å²) in [6.07, 6.45) is 17.2. The zero-order valence-corrected chi connectivity index (χ0v) is 29.8. The monoisotopic (exact) mass is 637 g/mol. The number of benzene rings is 2. The molecule has 3 nitrogen and oxygen atoms in total. The second-order valence-electron chi connectivity index (χ2n) is 16.9. The number of hydrogen-bond acceptors (Lipinski definition) is 3. The highest BCUT2D eigenvalue weighted by atomic mass is 35.5. The van der Waals surface area contributed by atoms with Crippen LogP contribution in [0.3, 0.4) is 0 Å². The lowest BCUT2D eigenvalue weighted by molar-refractivity contribution is -0.117. The Hall–Kier alpha value is -2.26. The van der Waals surface area contributed by atoms with Crippen LogP contribution in [0.4, 0.5) is 0 Å². The van der Waals surface area contributed by atoms with Crippen molar-refractivity contribution < 1.29 is 0 Å². The van der Waals surface area contributed by atoms with Crippen LogP contribution in [0.15, 0.2) is 54.6 Å².